The maximum absolute atomic E-state index is 10.9. The molecule has 0 radical (unpaired) electrons. The van der Waals surface area contributed by atoms with Crippen molar-refractivity contribution in [2.75, 3.05) is 7.05 Å². The maximum atomic E-state index is 10.9. The lowest BCUT2D eigenvalue weighted by molar-refractivity contribution is -0.117. The molecule has 2 heteroatoms. The summed E-state index contributed by atoms with van der Waals surface area (Å²) in [7, 11) is 1.96. The van der Waals surface area contributed by atoms with Gasteiger partial charge < -0.3 is 5.32 Å². The lowest BCUT2D eigenvalue weighted by Crippen LogP contribution is -2.33. The lowest BCUT2D eigenvalue weighted by atomic mass is 9.94. The third-order valence-electron chi connectivity index (χ3n) is 2.85. The van der Waals surface area contributed by atoms with Gasteiger partial charge in [0.05, 0.1) is 0 Å². The van der Waals surface area contributed by atoms with Gasteiger partial charge in [0.1, 0.15) is 5.78 Å². The summed E-state index contributed by atoms with van der Waals surface area (Å²) in [6.07, 6.45) is 6.01. The van der Waals surface area contributed by atoms with Crippen LogP contribution in [-0.2, 0) is 4.79 Å². The van der Waals surface area contributed by atoms with Crippen LogP contribution >= 0.6 is 0 Å². The standard InChI is InChI=1S/C10H19NO/c1-8(12)7-10(11-2)9-5-3-4-6-9/h9-11H,3-7H2,1-2H3. The Bertz CT molecular complexity index is 150. The first-order valence-corrected chi connectivity index (χ1v) is 4.90. The molecule has 0 aromatic heterocycles. The van der Waals surface area contributed by atoms with Crippen LogP contribution in [0.25, 0.3) is 0 Å². The average Bonchev–Trinajstić information content (AvgIpc) is 2.51. The SMILES string of the molecule is CNC(CC(C)=O)C1CCCC1. The Morgan fingerprint density at radius 1 is 1.50 bits per heavy atom. The quantitative estimate of drug-likeness (QED) is 0.694. The van der Waals surface area contributed by atoms with Gasteiger partial charge in [0.15, 0.2) is 0 Å². The Hall–Kier alpha value is -0.370. The van der Waals surface area contributed by atoms with E-state index in [4.69, 9.17) is 0 Å². The first kappa shape index (κ1) is 9.72. The molecule has 1 rings (SSSR count). The van der Waals surface area contributed by atoms with Crippen LogP contribution in [0.5, 0.6) is 0 Å². The van der Waals surface area contributed by atoms with Crippen molar-refractivity contribution in [3.8, 4) is 0 Å². The molecule has 0 aliphatic heterocycles. The third-order valence-corrected chi connectivity index (χ3v) is 2.85. The summed E-state index contributed by atoms with van der Waals surface area (Å²) in [6.45, 7) is 1.68. The van der Waals surface area contributed by atoms with Crippen LogP contribution in [-0.4, -0.2) is 18.9 Å². The van der Waals surface area contributed by atoms with Gasteiger partial charge in [0, 0.05) is 12.5 Å². The molecule has 1 saturated carbocycles. The van der Waals surface area contributed by atoms with Crippen LogP contribution in [0.3, 0.4) is 0 Å². The van der Waals surface area contributed by atoms with Crippen molar-refractivity contribution in [1.29, 1.82) is 0 Å². The van der Waals surface area contributed by atoms with Crippen LogP contribution in [0.4, 0.5) is 0 Å². The van der Waals surface area contributed by atoms with E-state index in [1.807, 2.05) is 7.05 Å². The molecule has 0 saturated heterocycles. The molecule has 70 valence electrons. The summed E-state index contributed by atoms with van der Waals surface area (Å²) >= 11 is 0. The van der Waals surface area contributed by atoms with Gasteiger partial charge in [-0.2, -0.15) is 0 Å². The Labute approximate surface area is 74.7 Å². The molecular formula is C10H19NO. The smallest absolute Gasteiger partial charge is 0.131 e. The molecule has 0 aromatic rings. The van der Waals surface area contributed by atoms with Crippen LogP contribution in [0.15, 0.2) is 0 Å². The fourth-order valence-electron chi connectivity index (χ4n) is 2.17. The number of nitrogens with one attached hydrogen (secondary N) is 1. The summed E-state index contributed by atoms with van der Waals surface area (Å²) < 4.78 is 0. The Kier molecular flexibility index (Phi) is 3.73. The zero-order valence-corrected chi connectivity index (χ0v) is 8.10. The Morgan fingerprint density at radius 3 is 2.50 bits per heavy atom. The molecule has 0 bridgehead atoms. The molecule has 0 aromatic carbocycles. The van der Waals surface area contributed by atoms with Gasteiger partial charge in [-0.1, -0.05) is 12.8 Å². The number of ketones is 1. The van der Waals surface area contributed by atoms with E-state index in [0.717, 1.165) is 5.92 Å². The monoisotopic (exact) mass is 169 g/mol. The number of hydrogen-bond acceptors (Lipinski definition) is 2. The highest BCUT2D eigenvalue weighted by atomic mass is 16.1. The molecule has 1 aliphatic carbocycles. The third kappa shape index (κ3) is 2.59. The molecule has 0 heterocycles. The fraction of sp³-hybridized carbons (Fsp3) is 0.900. The normalized spacial score (nSPS) is 21.2. The lowest BCUT2D eigenvalue weighted by Gasteiger charge is -2.21. The Balaban J connectivity index is 2.37. The summed E-state index contributed by atoms with van der Waals surface area (Å²) in [5.41, 5.74) is 0. The molecule has 1 fully saturated rings. The predicted molar refractivity (Wildman–Crippen MR) is 50.1 cm³/mol. The second-order valence-electron chi connectivity index (χ2n) is 3.85. The average molecular weight is 169 g/mol. The number of carbonyl (C=O) groups is 1. The first-order valence-electron chi connectivity index (χ1n) is 4.90. The minimum absolute atomic E-state index is 0.307. The second-order valence-corrected chi connectivity index (χ2v) is 3.85. The van der Waals surface area contributed by atoms with Crippen molar-refractivity contribution in [1.82, 2.24) is 5.32 Å². The first-order chi connectivity index (χ1) is 5.74. The zero-order valence-electron chi connectivity index (χ0n) is 8.10. The van der Waals surface area contributed by atoms with Gasteiger partial charge in [-0.05, 0) is 32.7 Å². The van der Waals surface area contributed by atoms with Crippen LogP contribution < -0.4 is 5.32 Å². The van der Waals surface area contributed by atoms with Crippen molar-refractivity contribution < 1.29 is 4.79 Å². The number of rotatable bonds is 4. The van der Waals surface area contributed by atoms with Crippen LogP contribution in [0, 0.1) is 5.92 Å². The zero-order chi connectivity index (χ0) is 8.97. The topological polar surface area (TPSA) is 29.1 Å². The number of hydrogen-bond donors (Lipinski definition) is 1. The van der Waals surface area contributed by atoms with E-state index in [0.29, 0.717) is 18.2 Å². The van der Waals surface area contributed by atoms with E-state index in [1.54, 1.807) is 6.92 Å². The van der Waals surface area contributed by atoms with Gasteiger partial charge in [-0.15, -0.1) is 0 Å². The molecule has 1 N–H and O–H groups in total. The van der Waals surface area contributed by atoms with Crippen LogP contribution in [0.1, 0.15) is 39.0 Å². The van der Waals surface area contributed by atoms with Crippen molar-refractivity contribution >= 4 is 5.78 Å². The van der Waals surface area contributed by atoms with Gasteiger partial charge in [0.2, 0.25) is 0 Å². The minimum Gasteiger partial charge on any atom is -0.316 e. The molecule has 12 heavy (non-hydrogen) atoms. The Morgan fingerprint density at radius 2 is 2.08 bits per heavy atom. The molecule has 0 spiro atoms. The van der Waals surface area contributed by atoms with Gasteiger partial charge in [-0.25, -0.2) is 0 Å². The van der Waals surface area contributed by atoms with Gasteiger partial charge >= 0.3 is 0 Å². The van der Waals surface area contributed by atoms with Gasteiger partial charge in [-0.3, -0.25) is 4.79 Å². The highest BCUT2D eigenvalue weighted by molar-refractivity contribution is 5.76. The van der Waals surface area contributed by atoms with Crippen LogP contribution in [0.2, 0.25) is 0 Å². The molecule has 2 nitrogen and oxygen atoms in total. The van der Waals surface area contributed by atoms with E-state index >= 15 is 0 Å². The maximum Gasteiger partial charge on any atom is 0.131 e. The van der Waals surface area contributed by atoms with Crippen molar-refractivity contribution in [3.05, 3.63) is 0 Å². The molecule has 1 unspecified atom stereocenters. The highest BCUT2D eigenvalue weighted by Gasteiger charge is 2.24. The molecular weight excluding hydrogens is 150 g/mol. The second kappa shape index (κ2) is 4.61. The predicted octanol–water partition coefficient (Wildman–Crippen LogP) is 1.74. The van der Waals surface area contributed by atoms with Gasteiger partial charge in [0.25, 0.3) is 0 Å². The number of carbonyl (C=O) groups excluding carboxylic acids is 1. The van der Waals surface area contributed by atoms with E-state index in [1.165, 1.54) is 25.7 Å². The van der Waals surface area contributed by atoms with Crippen molar-refractivity contribution in [3.63, 3.8) is 0 Å². The highest BCUT2D eigenvalue weighted by Crippen LogP contribution is 2.28. The largest absolute Gasteiger partial charge is 0.316 e. The molecule has 1 atom stereocenters. The number of Topliss-reactive ketones (excluding diaryl/α,β-unsaturated/α-hetero) is 1. The van der Waals surface area contributed by atoms with E-state index in [9.17, 15) is 4.79 Å². The van der Waals surface area contributed by atoms with E-state index in [2.05, 4.69) is 5.32 Å². The van der Waals surface area contributed by atoms with E-state index in [-0.39, 0.29) is 0 Å². The van der Waals surface area contributed by atoms with E-state index < -0.39 is 0 Å². The summed E-state index contributed by atoms with van der Waals surface area (Å²) in [6, 6.07) is 0.435. The molecule has 0 amide bonds. The van der Waals surface area contributed by atoms with Crippen molar-refractivity contribution in [2.24, 2.45) is 5.92 Å². The summed E-state index contributed by atoms with van der Waals surface area (Å²) in [4.78, 5) is 10.9. The summed E-state index contributed by atoms with van der Waals surface area (Å²) in [5.74, 6) is 1.06. The summed E-state index contributed by atoms with van der Waals surface area (Å²) in [5, 5.41) is 3.25. The molecule has 1 aliphatic rings. The minimum atomic E-state index is 0.307. The van der Waals surface area contributed by atoms with Crippen molar-refractivity contribution in [2.45, 2.75) is 45.1 Å². The fourth-order valence-corrected chi connectivity index (χ4v) is 2.17.